The van der Waals surface area contributed by atoms with E-state index < -0.39 is 17.5 Å². The average Bonchev–Trinajstić information content (AvgIpc) is 2.92. The molecule has 8 heteroatoms. The van der Waals surface area contributed by atoms with Gasteiger partial charge >= 0.3 is 12.0 Å². The first-order chi connectivity index (χ1) is 9.53. The molecular formula is C12H19N5O3. The lowest BCUT2D eigenvalue weighted by molar-refractivity contribution is -0.145. The Morgan fingerprint density at radius 2 is 2.15 bits per heavy atom. The Bertz CT molecular complexity index is 467. The number of carbonyl (C=O) groups excluding carboxylic acids is 1. The highest BCUT2D eigenvalue weighted by Gasteiger charge is 2.41. The van der Waals surface area contributed by atoms with Crippen molar-refractivity contribution in [1.29, 1.82) is 0 Å². The number of carboxylic acid groups (broad SMARTS) is 1. The summed E-state index contributed by atoms with van der Waals surface area (Å²) in [5, 5.41) is 18.4. The first-order valence-corrected chi connectivity index (χ1v) is 6.64. The molecule has 1 saturated carbocycles. The minimum Gasteiger partial charge on any atom is -0.480 e. The zero-order valence-corrected chi connectivity index (χ0v) is 11.4. The van der Waals surface area contributed by atoms with Crippen LogP contribution >= 0.6 is 0 Å². The van der Waals surface area contributed by atoms with Crippen LogP contribution in [0.3, 0.4) is 0 Å². The summed E-state index contributed by atoms with van der Waals surface area (Å²) in [4.78, 5) is 28.9. The summed E-state index contributed by atoms with van der Waals surface area (Å²) in [5.41, 5.74) is -1.13. The number of nitrogens with one attached hydrogen (secondary N) is 2. The van der Waals surface area contributed by atoms with Gasteiger partial charge in [-0.2, -0.15) is 5.10 Å². The summed E-state index contributed by atoms with van der Waals surface area (Å²) in [7, 11) is 1.59. The lowest BCUT2D eigenvalue weighted by atomic mass is 9.82. The van der Waals surface area contributed by atoms with Crippen molar-refractivity contribution in [3.8, 4) is 0 Å². The Kier molecular flexibility index (Phi) is 4.21. The average molecular weight is 281 g/mol. The number of carboxylic acids is 1. The summed E-state index contributed by atoms with van der Waals surface area (Å²) in [6, 6.07) is -0.411. The highest BCUT2D eigenvalue weighted by molar-refractivity contribution is 5.86. The highest BCUT2D eigenvalue weighted by Crippen LogP contribution is 2.28. The SMILES string of the molecule is CN(Cc1ncn[nH]1)C(=O)NC1(C(=O)O)CCCCC1. The number of hydrogen-bond acceptors (Lipinski definition) is 4. The second-order valence-corrected chi connectivity index (χ2v) is 5.17. The summed E-state index contributed by atoms with van der Waals surface area (Å²) >= 11 is 0. The molecule has 2 amide bonds. The lowest BCUT2D eigenvalue weighted by Gasteiger charge is -2.35. The summed E-state index contributed by atoms with van der Waals surface area (Å²) < 4.78 is 0. The molecule has 0 bridgehead atoms. The van der Waals surface area contributed by atoms with Crippen molar-refractivity contribution >= 4 is 12.0 Å². The summed E-state index contributed by atoms with van der Waals surface area (Å²) in [6.45, 7) is 0.252. The fourth-order valence-corrected chi connectivity index (χ4v) is 2.45. The van der Waals surface area contributed by atoms with Crippen LogP contribution in [-0.4, -0.2) is 49.8 Å². The Morgan fingerprint density at radius 1 is 1.45 bits per heavy atom. The Labute approximate surface area is 116 Å². The van der Waals surface area contributed by atoms with E-state index >= 15 is 0 Å². The van der Waals surface area contributed by atoms with Crippen LogP contribution in [0.15, 0.2) is 6.33 Å². The van der Waals surface area contributed by atoms with E-state index in [-0.39, 0.29) is 6.54 Å². The first kappa shape index (κ1) is 14.3. The van der Waals surface area contributed by atoms with Gasteiger partial charge in [-0.05, 0) is 12.8 Å². The van der Waals surface area contributed by atoms with Crippen LogP contribution in [0.5, 0.6) is 0 Å². The highest BCUT2D eigenvalue weighted by atomic mass is 16.4. The first-order valence-electron chi connectivity index (χ1n) is 6.64. The number of carbonyl (C=O) groups is 2. The molecule has 0 spiro atoms. The van der Waals surface area contributed by atoms with Crippen LogP contribution in [0.25, 0.3) is 0 Å². The maximum Gasteiger partial charge on any atom is 0.329 e. The van der Waals surface area contributed by atoms with Crippen LogP contribution in [-0.2, 0) is 11.3 Å². The number of H-pyrrole nitrogens is 1. The third-order valence-corrected chi connectivity index (χ3v) is 3.66. The van der Waals surface area contributed by atoms with Gasteiger partial charge in [-0.1, -0.05) is 19.3 Å². The normalized spacial score (nSPS) is 17.4. The van der Waals surface area contributed by atoms with Gasteiger partial charge < -0.3 is 15.3 Å². The van der Waals surface area contributed by atoms with E-state index in [2.05, 4.69) is 20.5 Å². The summed E-state index contributed by atoms with van der Waals surface area (Å²) in [6.07, 6.45) is 4.96. The van der Waals surface area contributed by atoms with Crippen LogP contribution in [0.1, 0.15) is 37.9 Å². The predicted molar refractivity (Wildman–Crippen MR) is 69.8 cm³/mol. The largest absolute Gasteiger partial charge is 0.480 e. The third-order valence-electron chi connectivity index (χ3n) is 3.66. The van der Waals surface area contributed by atoms with Gasteiger partial charge in [-0.3, -0.25) is 5.10 Å². The van der Waals surface area contributed by atoms with Crippen molar-refractivity contribution in [2.45, 2.75) is 44.2 Å². The van der Waals surface area contributed by atoms with Crippen molar-refractivity contribution < 1.29 is 14.7 Å². The topological polar surface area (TPSA) is 111 Å². The second-order valence-electron chi connectivity index (χ2n) is 5.17. The molecule has 1 aromatic rings. The van der Waals surface area contributed by atoms with E-state index in [1.54, 1.807) is 7.05 Å². The molecule has 0 aromatic carbocycles. The van der Waals surface area contributed by atoms with Crippen LogP contribution in [0, 0.1) is 0 Å². The quantitative estimate of drug-likeness (QED) is 0.753. The molecule has 20 heavy (non-hydrogen) atoms. The maximum atomic E-state index is 12.1. The Hall–Kier alpha value is -2.12. The van der Waals surface area contributed by atoms with Gasteiger partial charge in [0.05, 0.1) is 6.54 Å². The Balaban J connectivity index is 1.99. The van der Waals surface area contributed by atoms with Gasteiger partial charge in [-0.25, -0.2) is 14.6 Å². The molecule has 1 aliphatic carbocycles. The second kappa shape index (κ2) is 5.89. The van der Waals surface area contributed by atoms with Gasteiger partial charge in [0.15, 0.2) is 0 Å². The molecule has 0 unspecified atom stereocenters. The molecule has 0 atom stereocenters. The molecule has 8 nitrogen and oxygen atoms in total. The molecular weight excluding hydrogens is 262 g/mol. The molecule has 1 aromatic heterocycles. The molecule has 2 rings (SSSR count). The number of rotatable bonds is 4. The van der Waals surface area contributed by atoms with Gasteiger partial charge in [0.2, 0.25) is 0 Å². The van der Waals surface area contributed by atoms with E-state index in [9.17, 15) is 14.7 Å². The molecule has 1 fully saturated rings. The monoisotopic (exact) mass is 281 g/mol. The molecule has 0 saturated heterocycles. The van der Waals surface area contributed by atoms with Crippen molar-refractivity contribution in [3.63, 3.8) is 0 Å². The van der Waals surface area contributed by atoms with E-state index in [1.807, 2.05) is 0 Å². The number of aromatic amines is 1. The number of amides is 2. The lowest BCUT2D eigenvalue weighted by Crippen LogP contribution is -2.58. The van der Waals surface area contributed by atoms with Crippen molar-refractivity contribution in [3.05, 3.63) is 12.2 Å². The third kappa shape index (κ3) is 3.06. The number of nitrogens with zero attached hydrogens (tertiary/aromatic N) is 3. The van der Waals surface area contributed by atoms with Crippen molar-refractivity contribution in [1.82, 2.24) is 25.4 Å². The molecule has 1 aliphatic rings. The predicted octanol–water partition coefficient (Wildman–Crippen LogP) is 0.734. The van der Waals surface area contributed by atoms with Gasteiger partial charge in [0, 0.05) is 7.05 Å². The van der Waals surface area contributed by atoms with Crippen molar-refractivity contribution in [2.24, 2.45) is 0 Å². The molecule has 110 valence electrons. The fourth-order valence-electron chi connectivity index (χ4n) is 2.45. The van der Waals surface area contributed by atoms with Gasteiger partial charge in [-0.15, -0.1) is 0 Å². The fraction of sp³-hybridized carbons (Fsp3) is 0.667. The van der Waals surface area contributed by atoms with E-state index in [0.717, 1.165) is 19.3 Å². The molecule has 3 N–H and O–H groups in total. The van der Waals surface area contributed by atoms with Crippen LogP contribution in [0.4, 0.5) is 4.79 Å². The summed E-state index contributed by atoms with van der Waals surface area (Å²) in [5.74, 6) is -0.408. The number of aliphatic carboxylic acids is 1. The van der Waals surface area contributed by atoms with Crippen molar-refractivity contribution in [2.75, 3.05) is 7.05 Å². The van der Waals surface area contributed by atoms with E-state index in [0.29, 0.717) is 18.7 Å². The molecule has 1 heterocycles. The molecule has 0 aliphatic heterocycles. The standard InChI is InChI=1S/C12H19N5O3/c1-17(7-9-13-8-14-16-9)11(20)15-12(10(18)19)5-3-2-4-6-12/h8H,2-7H2,1H3,(H,15,20)(H,18,19)(H,13,14,16). The van der Waals surface area contributed by atoms with Crippen LogP contribution < -0.4 is 5.32 Å². The minimum atomic E-state index is -1.13. The van der Waals surface area contributed by atoms with E-state index in [1.165, 1.54) is 11.2 Å². The number of aromatic nitrogens is 3. The zero-order valence-electron chi connectivity index (χ0n) is 11.4. The van der Waals surface area contributed by atoms with E-state index in [4.69, 9.17) is 0 Å². The van der Waals surface area contributed by atoms with Gasteiger partial charge in [0.25, 0.3) is 0 Å². The number of urea groups is 1. The van der Waals surface area contributed by atoms with Crippen LogP contribution in [0.2, 0.25) is 0 Å². The molecule has 0 radical (unpaired) electrons. The Morgan fingerprint density at radius 3 is 2.70 bits per heavy atom. The zero-order chi connectivity index (χ0) is 14.6. The minimum absolute atomic E-state index is 0.252. The maximum absolute atomic E-state index is 12.1. The smallest absolute Gasteiger partial charge is 0.329 e. The van der Waals surface area contributed by atoms with Gasteiger partial charge in [0.1, 0.15) is 17.7 Å². The number of hydrogen-bond donors (Lipinski definition) is 3.